The zero-order chi connectivity index (χ0) is 14.1. The number of oxazole rings is 1. The molecule has 1 aromatic heterocycles. The van der Waals surface area contributed by atoms with Gasteiger partial charge in [-0.2, -0.15) is 0 Å². The first kappa shape index (κ1) is 13.1. The molecule has 0 atom stereocenters. The quantitative estimate of drug-likeness (QED) is 0.791. The Labute approximate surface area is 125 Å². The van der Waals surface area contributed by atoms with Crippen LogP contribution in [0.25, 0.3) is 0 Å². The van der Waals surface area contributed by atoms with Crippen LogP contribution in [0.1, 0.15) is 49.3 Å². The third kappa shape index (κ3) is 2.75. The van der Waals surface area contributed by atoms with Crippen molar-refractivity contribution in [1.82, 2.24) is 10.3 Å². The lowest BCUT2D eigenvalue weighted by molar-refractivity contribution is 0.426. The molecule has 1 aromatic carbocycles. The minimum Gasteiger partial charge on any atom is -0.445 e. The van der Waals surface area contributed by atoms with Crippen molar-refractivity contribution in [2.24, 2.45) is 0 Å². The first-order valence-electron chi connectivity index (χ1n) is 8.11. The largest absolute Gasteiger partial charge is 0.445 e. The number of benzene rings is 1. The summed E-state index contributed by atoms with van der Waals surface area (Å²) >= 11 is 0. The number of hydrogen-bond acceptors (Lipinski definition) is 3. The van der Waals surface area contributed by atoms with E-state index in [4.69, 9.17) is 4.42 Å². The molecule has 0 amide bonds. The van der Waals surface area contributed by atoms with Gasteiger partial charge in [-0.15, -0.1) is 0 Å². The van der Waals surface area contributed by atoms with Crippen LogP contribution in [0.4, 0.5) is 0 Å². The molecule has 0 bridgehead atoms. The molecule has 3 heteroatoms. The van der Waals surface area contributed by atoms with E-state index in [-0.39, 0.29) is 5.41 Å². The van der Waals surface area contributed by atoms with E-state index in [1.165, 1.54) is 31.2 Å². The fourth-order valence-electron chi connectivity index (χ4n) is 3.04. The highest BCUT2D eigenvalue weighted by molar-refractivity contribution is 5.39. The number of rotatable bonds is 7. The van der Waals surface area contributed by atoms with E-state index >= 15 is 0 Å². The zero-order valence-corrected chi connectivity index (χ0v) is 12.3. The van der Waals surface area contributed by atoms with Crippen molar-refractivity contribution in [3.63, 3.8) is 0 Å². The van der Waals surface area contributed by atoms with Crippen LogP contribution in [-0.4, -0.2) is 17.6 Å². The summed E-state index contributed by atoms with van der Waals surface area (Å²) in [7, 11) is 0. The molecule has 0 radical (unpaired) electrons. The summed E-state index contributed by atoms with van der Waals surface area (Å²) in [5.74, 6) is 1.95. The molecule has 2 fully saturated rings. The van der Waals surface area contributed by atoms with Crippen molar-refractivity contribution in [3.05, 3.63) is 53.7 Å². The topological polar surface area (TPSA) is 38.1 Å². The van der Waals surface area contributed by atoms with E-state index in [9.17, 15) is 0 Å². The number of nitrogens with one attached hydrogen (secondary N) is 1. The van der Waals surface area contributed by atoms with E-state index < -0.39 is 0 Å². The minimum atomic E-state index is 0.110. The maximum absolute atomic E-state index is 6.05. The molecule has 2 saturated carbocycles. The zero-order valence-electron chi connectivity index (χ0n) is 12.3. The molecular weight excluding hydrogens is 260 g/mol. The number of aromatic nitrogens is 1. The van der Waals surface area contributed by atoms with Gasteiger partial charge in [0.1, 0.15) is 5.76 Å². The van der Waals surface area contributed by atoms with E-state index in [1.807, 2.05) is 6.20 Å². The van der Waals surface area contributed by atoms with Gasteiger partial charge >= 0.3 is 0 Å². The van der Waals surface area contributed by atoms with Gasteiger partial charge in [0.05, 0.1) is 11.6 Å². The van der Waals surface area contributed by atoms with Gasteiger partial charge in [-0.05, 0) is 44.2 Å². The van der Waals surface area contributed by atoms with Crippen LogP contribution >= 0.6 is 0 Å². The van der Waals surface area contributed by atoms with E-state index in [0.717, 1.165) is 37.1 Å². The Morgan fingerprint density at radius 2 is 2.00 bits per heavy atom. The van der Waals surface area contributed by atoms with E-state index in [0.29, 0.717) is 0 Å². The Bertz CT molecular complexity index is 597. The highest BCUT2D eigenvalue weighted by atomic mass is 16.4. The van der Waals surface area contributed by atoms with Crippen molar-refractivity contribution in [1.29, 1.82) is 0 Å². The lowest BCUT2D eigenvalue weighted by Gasteiger charge is -2.11. The summed E-state index contributed by atoms with van der Waals surface area (Å²) in [4.78, 5) is 4.49. The van der Waals surface area contributed by atoms with Gasteiger partial charge in [0, 0.05) is 12.5 Å². The van der Waals surface area contributed by atoms with Crippen molar-refractivity contribution in [2.45, 2.75) is 50.0 Å². The van der Waals surface area contributed by atoms with Gasteiger partial charge < -0.3 is 9.73 Å². The highest BCUT2D eigenvalue weighted by Gasteiger charge is 2.48. The van der Waals surface area contributed by atoms with Crippen molar-refractivity contribution in [3.8, 4) is 0 Å². The molecule has 0 saturated heterocycles. The number of aryl methyl sites for hydroxylation is 1. The van der Waals surface area contributed by atoms with Crippen molar-refractivity contribution in [2.75, 3.05) is 6.54 Å². The Hall–Kier alpha value is -1.61. The predicted octanol–water partition coefficient (Wildman–Crippen LogP) is 3.44. The molecule has 4 rings (SSSR count). The van der Waals surface area contributed by atoms with Crippen LogP contribution in [0, 0.1) is 0 Å². The van der Waals surface area contributed by atoms with E-state index in [1.54, 1.807) is 0 Å². The third-order valence-corrected chi connectivity index (χ3v) is 4.68. The van der Waals surface area contributed by atoms with Gasteiger partial charge in [0.15, 0.2) is 5.89 Å². The smallest absolute Gasteiger partial charge is 0.194 e. The molecule has 2 aromatic rings. The fraction of sp³-hybridized carbons (Fsp3) is 0.500. The lowest BCUT2D eigenvalue weighted by atomic mass is 9.94. The summed E-state index contributed by atoms with van der Waals surface area (Å²) in [6, 6.07) is 11.5. The first-order valence-corrected chi connectivity index (χ1v) is 8.11. The van der Waals surface area contributed by atoms with Crippen LogP contribution in [0.3, 0.4) is 0 Å². The summed E-state index contributed by atoms with van der Waals surface area (Å²) in [6.45, 7) is 1.08. The molecule has 110 valence electrons. The predicted molar refractivity (Wildman–Crippen MR) is 82.3 cm³/mol. The van der Waals surface area contributed by atoms with E-state index in [2.05, 4.69) is 40.6 Å². The monoisotopic (exact) mass is 282 g/mol. The first-order chi connectivity index (χ1) is 10.4. The summed E-state index contributed by atoms with van der Waals surface area (Å²) in [5, 5.41) is 3.53. The molecule has 21 heavy (non-hydrogen) atoms. The average molecular weight is 282 g/mol. The maximum atomic E-state index is 6.05. The molecule has 1 heterocycles. The summed E-state index contributed by atoms with van der Waals surface area (Å²) in [6.07, 6.45) is 9.04. The van der Waals surface area contributed by atoms with Gasteiger partial charge in [-0.1, -0.05) is 30.3 Å². The molecule has 3 nitrogen and oxygen atoms in total. The van der Waals surface area contributed by atoms with Gasteiger partial charge in [-0.25, -0.2) is 4.98 Å². The van der Waals surface area contributed by atoms with Crippen LogP contribution in [-0.2, 0) is 11.8 Å². The average Bonchev–Trinajstić information content (AvgIpc) is 3.45. The van der Waals surface area contributed by atoms with Crippen LogP contribution in [0.15, 0.2) is 40.9 Å². The minimum absolute atomic E-state index is 0.110. The second-order valence-corrected chi connectivity index (χ2v) is 6.40. The van der Waals surface area contributed by atoms with Crippen LogP contribution in [0.5, 0.6) is 0 Å². The maximum Gasteiger partial charge on any atom is 0.194 e. The molecule has 0 aliphatic heterocycles. The second kappa shape index (κ2) is 5.30. The molecular formula is C18H22N2O. The van der Waals surface area contributed by atoms with Gasteiger partial charge in [0.2, 0.25) is 0 Å². The number of nitrogens with zero attached hydrogens (tertiary/aromatic N) is 1. The fourth-order valence-corrected chi connectivity index (χ4v) is 3.04. The van der Waals surface area contributed by atoms with Crippen molar-refractivity contribution >= 4 is 0 Å². The molecule has 0 spiro atoms. The number of hydrogen-bond donors (Lipinski definition) is 1. The van der Waals surface area contributed by atoms with Gasteiger partial charge in [-0.3, -0.25) is 0 Å². The lowest BCUT2D eigenvalue weighted by Crippen LogP contribution is -2.17. The second-order valence-electron chi connectivity index (χ2n) is 6.40. The Morgan fingerprint density at radius 1 is 1.19 bits per heavy atom. The van der Waals surface area contributed by atoms with Crippen LogP contribution < -0.4 is 5.32 Å². The third-order valence-electron chi connectivity index (χ3n) is 4.68. The summed E-state index contributed by atoms with van der Waals surface area (Å²) in [5.41, 5.74) is 1.47. The van der Waals surface area contributed by atoms with Crippen molar-refractivity contribution < 1.29 is 4.42 Å². The SMILES string of the molecule is c1ccc(C2(c3cnc(CCCNC4CC4)o3)CC2)cc1. The molecule has 2 aliphatic rings. The molecule has 0 unspecified atom stereocenters. The Morgan fingerprint density at radius 3 is 2.71 bits per heavy atom. The Balaban J connectivity index is 1.39. The molecule has 2 aliphatic carbocycles. The highest BCUT2D eigenvalue weighted by Crippen LogP contribution is 2.53. The molecule has 1 N–H and O–H groups in total. The normalized spacial score (nSPS) is 19.6. The summed E-state index contributed by atoms with van der Waals surface area (Å²) < 4.78 is 6.05. The Kier molecular flexibility index (Phi) is 3.30. The van der Waals surface area contributed by atoms with Gasteiger partial charge in [0.25, 0.3) is 0 Å². The standard InChI is InChI=1S/C18H22N2O/c1-2-5-14(6-3-1)18(10-11-18)16-13-20-17(21-16)7-4-12-19-15-8-9-15/h1-3,5-6,13,15,19H,4,7-12H2. The van der Waals surface area contributed by atoms with Crippen LogP contribution in [0.2, 0.25) is 0 Å².